The van der Waals surface area contributed by atoms with Crippen molar-refractivity contribution in [3.63, 3.8) is 0 Å². The summed E-state index contributed by atoms with van der Waals surface area (Å²) in [5.41, 5.74) is 12.3. The van der Waals surface area contributed by atoms with Crippen LogP contribution in [0.1, 0.15) is 11.4 Å². The van der Waals surface area contributed by atoms with Crippen LogP contribution in [0.5, 0.6) is 0 Å². The zero-order valence-electron chi connectivity index (χ0n) is 34.3. The molecular formula is C32H34N18O10S6. The summed E-state index contributed by atoms with van der Waals surface area (Å²) in [5.74, 6) is -3.54. The summed E-state index contributed by atoms with van der Waals surface area (Å²) in [6.45, 7) is 0. The number of hydrogen-bond donors (Lipinski definition) is 6. The number of carboxylic acid groups (broad SMARTS) is 2. The van der Waals surface area contributed by atoms with Gasteiger partial charge in [0.25, 0.3) is 23.6 Å². The Bertz CT molecular complexity index is 2530. The Morgan fingerprint density at radius 3 is 1.44 bits per heavy atom. The molecule has 8 rings (SSSR count). The highest BCUT2D eigenvalue weighted by atomic mass is 32.2. The van der Waals surface area contributed by atoms with Gasteiger partial charge in [0, 0.05) is 47.9 Å². The van der Waals surface area contributed by atoms with E-state index < -0.39 is 58.4 Å². The summed E-state index contributed by atoms with van der Waals surface area (Å²) in [4.78, 5) is 95.1. The Balaban J connectivity index is 0.000000196. The van der Waals surface area contributed by atoms with E-state index in [0.29, 0.717) is 44.5 Å². The van der Waals surface area contributed by atoms with Crippen LogP contribution >= 0.6 is 69.7 Å². The summed E-state index contributed by atoms with van der Waals surface area (Å²) in [5, 5.41) is 57.9. The van der Waals surface area contributed by atoms with Crippen molar-refractivity contribution < 1.29 is 48.7 Å². The molecule has 0 aromatic carbocycles. The van der Waals surface area contributed by atoms with Gasteiger partial charge in [-0.15, -0.1) is 56.4 Å². The minimum Gasteiger partial charge on any atom is -0.477 e. The fourth-order valence-electron chi connectivity index (χ4n) is 6.38. The number of carbonyl (C=O) groups excluding carboxylic acids is 4. The molecule has 4 aliphatic heterocycles. The lowest BCUT2D eigenvalue weighted by Gasteiger charge is -2.49. The number of hydrogen-bond acceptors (Lipinski definition) is 26. The number of amides is 4. The molecule has 4 aromatic heterocycles. The van der Waals surface area contributed by atoms with E-state index in [2.05, 4.69) is 62.0 Å². The van der Waals surface area contributed by atoms with Crippen molar-refractivity contribution in [2.24, 2.45) is 24.4 Å². The second-order valence-electron chi connectivity index (χ2n) is 13.4. The molecule has 2 saturated heterocycles. The van der Waals surface area contributed by atoms with E-state index in [-0.39, 0.29) is 44.5 Å². The Morgan fingerprint density at radius 1 is 0.742 bits per heavy atom. The summed E-state index contributed by atoms with van der Waals surface area (Å²) in [6.07, 6.45) is 0. The third-order valence-electron chi connectivity index (χ3n) is 9.31. The molecule has 28 nitrogen and oxygen atoms in total. The lowest BCUT2D eigenvalue weighted by atomic mass is 10.0. The number of rotatable bonds is 16. The second kappa shape index (κ2) is 20.4. The van der Waals surface area contributed by atoms with E-state index in [0.717, 1.165) is 22.7 Å². The van der Waals surface area contributed by atoms with Crippen molar-refractivity contribution in [1.29, 1.82) is 0 Å². The van der Waals surface area contributed by atoms with Crippen LogP contribution in [-0.4, -0.2) is 177 Å². The van der Waals surface area contributed by atoms with Gasteiger partial charge < -0.3 is 42.0 Å². The third kappa shape index (κ3) is 9.76. The number of oxime groups is 2. The van der Waals surface area contributed by atoms with Crippen LogP contribution < -0.4 is 22.1 Å². The quantitative estimate of drug-likeness (QED) is 0.0314. The summed E-state index contributed by atoms with van der Waals surface area (Å²) in [7, 11) is 5.90. The number of carboxylic acids is 2. The number of carbonyl (C=O) groups is 6. The first-order valence-electron chi connectivity index (χ1n) is 18.4. The zero-order chi connectivity index (χ0) is 47.4. The monoisotopic (exact) mass is 1020 g/mol. The van der Waals surface area contributed by atoms with Gasteiger partial charge in [-0.1, -0.05) is 33.8 Å². The molecule has 2 fully saturated rings. The average Bonchev–Trinajstić information content (AvgIpc) is 4.12. The SMILES string of the molecule is CO/N=C(\C(=O)N[C@@H]1C(=O)N2C(C(=O)O)=C(CSc3nnnn3C)CS[C@H]12)c1csc(N)n1.CO/N=C(\C(=O)N[C@@H]1C(=O)N2C(C(=O)O)=C(CSc3nnnn3C)CS[C@H]12)c1csc(N)n1. The molecule has 0 spiro atoms. The van der Waals surface area contributed by atoms with Gasteiger partial charge in [-0.25, -0.2) is 28.9 Å². The van der Waals surface area contributed by atoms with Gasteiger partial charge in [-0.05, 0) is 32.0 Å². The van der Waals surface area contributed by atoms with Crippen molar-refractivity contribution >= 4 is 127 Å². The van der Waals surface area contributed by atoms with Gasteiger partial charge in [-0.2, -0.15) is 0 Å². The van der Waals surface area contributed by atoms with Crippen LogP contribution in [0.25, 0.3) is 0 Å². The van der Waals surface area contributed by atoms with Crippen molar-refractivity contribution in [3.8, 4) is 0 Å². The van der Waals surface area contributed by atoms with E-state index in [1.807, 2.05) is 0 Å². The first-order chi connectivity index (χ1) is 31.6. The average molecular weight is 1020 g/mol. The van der Waals surface area contributed by atoms with Gasteiger partial charge in [0.1, 0.15) is 59.8 Å². The van der Waals surface area contributed by atoms with Crippen molar-refractivity contribution in [1.82, 2.24) is 70.8 Å². The summed E-state index contributed by atoms with van der Waals surface area (Å²) in [6, 6.07) is -1.85. The number of thioether (sulfide) groups is 4. The second-order valence-corrected chi connectivity index (χ2v) is 19.2. The molecule has 8 heterocycles. The van der Waals surface area contributed by atoms with Gasteiger partial charge in [0.2, 0.25) is 10.3 Å². The fourth-order valence-corrected chi connectivity index (χ4v) is 12.1. The maximum Gasteiger partial charge on any atom is 0.352 e. The number of anilines is 2. The van der Waals surface area contributed by atoms with Crippen LogP contribution in [0.3, 0.4) is 0 Å². The molecule has 0 bridgehead atoms. The zero-order valence-corrected chi connectivity index (χ0v) is 39.2. The minimum atomic E-state index is -1.22. The van der Waals surface area contributed by atoms with E-state index in [1.165, 1.54) is 80.4 Å². The molecule has 4 atom stereocenters. The van der Waals surface area contributed by atoms with Gasteiger partial charge in [0.15, 0.2) is 21.7 Å². The summed E-state index contributed by atoms with van der Waals surface area (Å²) >= 11 is 7.50. The van der Waals surface area contributed by atoms with E-state index in [4.69, 9.17) is 21.1 Å². The molecule has 0 saturated carbocycles. The van der Waals surface area contributed by atoms with Crippen LogP contribution in [0, 0.1) is 0 Å². The van der Waals surface area contributed by atoms with Crippen LogP contribution in [-0.2, 0) is 52.5 Å². The molecule has 8 N–H and O–H groups in total. The number of thiazole rings is 2. The number of nitrogens with zero attached hydrogens (tertiary/aromatic N) is 14. The summed E-state index contributed by atoms with van der Waals surface area (Å²) < 4.78 is 2.94. The number of tetrazole rings is 2. The number of fused-ring (bicyclic) bond motifs is 2. The van der Waals surface area contributed by atoms with Crippen molar-refractivity contribution in [3.05, 3.63) is 44.7 Å². The van der Waals surface area contributed by atoms with Gasteiger partial charge in [-0.3, -0.25) is 29.0 Å². The standard InChI is InChI=1S/2C16H17N9O5S3/c2*1-24-16(20-22-23-24)33-4-6-3-31-13-9(12(27)25(13)10(6)14(28)29)19-11(26)8(21-30-2)7-5-32-15(17)18-7/h2*5,9,13H,3-4H2,1-2H3,(H2,17,18)(H,19,26)(H,28,29)/b2*21-8-/t2*9-,13-/m11/s1. The largest absolute Gasteiger partial charge is 0.477 e. The number of nitrogens with one attached hydrogen (secondary N) is 2. The van der Waals surface area contributed by atoms with Crippen LogP contribution in [0.4, 0.5) is 10.3 Å². The van der Waals surface area contributed by atoms with Gasteiger partial charge in [0.05, 0.1) is 0 Å². The van der Waals surface area contributed by atoms with E-state index in [9.17, 15) is 39.0 Å². The minimum absolute atomic E-state index is 0.0880. The number of aliphatic carboxylic acids is 2. The normalized spacial score (nSPS) is 20.4. The number of nitrogen functional groups attached to an aromatic ring is 2. The molecule has 4 aromatic rings. The van der Waals surface area contributed by atoms with Crippen LogP contribution in [0.15, 0.2) is 53.9 Å². The van der Waals surface area contributed by atoms with Crippen molar-refractivity contribution in [2.45, 2.75) is 33.1 Å². The highest BCUT2D eigenvalue weighted by Crippen LogP contribution is 2.43. The number of aromatic nitrogens is 10. The Morgan fingerprint density at radius 2 is 1.14 bits per heavy atom. The fraction of sp³-hybridized carbons (Fsp3) is 0.375. The van der Waals surface area contributed by atoms with E-state index in [1.54, 1.807) is 24.9 Å². The Hall–Kier alpha value is -6.36. The number of aryl methyl sites for hydroxylation is 2. The molecule has 348 valence electrons. The van der Waals surface area contributed by atoms with Gasteiger partial charge >= 0.3 is 11.9 Å². The molecule has 0 aliphatic carbocycles. The molecule has 4 amide bonds. The number of β-lactam (4-membered cyclic amide) rings is 2. The predicted octanol–water partition coefficient (Wildman–Crippen LogP) is -1.74. The smallest absolute Gasteiger partial charge is 0.352 e. The maximum atomic E-state index is 12.9. The van der Waals surface area contributed by atoms with Crippen LogP contribution in [0.2, 0.25) is 0 Å². The lowest BCUT2D eigenvalue weighted by molar-refractivity contribution is -0.150. The lowest BCUT2D eigenvalue weighted by Crippen LogP contribution is -2.71. The predicted molar refractivity (Wildman–Crippen MR) is 239 cm³/mol. The molecular weight excluding hydrogens is 989 g/mol. The Kier molecular flexibility index (Phi) is 14.7. The molecule has 0 radical (unpaired) electrons. The maximum absolute atomic E-state index is 12.9. The van der Waals surface area contributed by atoms with Crippen molar-refractivity contribution in [2.75, 3.05) is 48.7 Å². The molecule has 4 aliphatic rings. The Labute approximate surface area is 395 Å². The third-order valence-corrected chi connectivity index (χ3v) is 15.5. The number of nitrogens with two attached hydrogens (primary N) is 2. The molecule has 66 heavy (non-hydrogen) atoms. The first-order valence-corrected chi connectivity index (χ1v) is 24.2. The topological polar surface area (TPSA) is 382 Å². The molecule has 0 unspecified atom stereocenters. The molecule has 34 heteroatoms. The van der Waals surface area contributed by atoms with E-state index >= 15 is 0 Å². The highest BCUT2D eigenvalue weighted by molar-refractivity contribution is 8.01. The first kappa shape index (κ1) is 47.6. The highest BCUT2D eigenvalue weighted by Gasteiger charge is 2.56.